The fourth-order valence-corrected chi connectivity index (χ4v) is 3.12. The third kappa shape index (κ3) is 5.87. The van der Waals surface area contributed by atoms with E-state index in [2.05, 4.69) is 5.32 Å². The van der Waals surface area contributed by atoms with E-state index in [1.807, 2.05) is 0 Å². The Morgan fingerprint density at radius 1 is 1.03 bits per heavy atom. The fourth-order valence-electron chi connectivity index (χ4n) is 3.12. The Bertz CT molecular complexity index is 965. The molecule has 0 heterocycles. The number of nitrogens with one attached hydrogen (secondary N) is 1. The first-order valence-corrected chi connectivity index (χ1v) is 9.75. The molecule has 1 unspecified atom stereocenters. The van der Waals surface area contributed by atoms with Crippen LogP contribution in [-0.2, 0) is 9.53 Å². The number of benzene rings is 2. The van der Waals surface area contributed by atoms with Crippen molar-refractivity contribution in [3.8, 4) is 17.2 Å². The van der Waals surface area contributed by atoms with Crippen LogP contribution in [0.2, 0.25) is 0 Å². The summed E-state index contributed by atoms with van der Waals surface area (Å²) in [4.78, 5) is 36.3. The van der Waals surface area contributed by atoms with Gasteiger partial charge < -0.3 is 24.3 Å². The minimum Gasteiger partial charge on any atom is -0.493 e. The van der Waals surface area contributed by atoms with Crippen LogP contribution in [0.1, 0.15) is 42.2 Å². The van der Waals surface area contributed by atoms with Gasteiger partial charge in [0, 0.05) is 11.6 Å². The van der Waals surface area contributed by atoms with Gasteiger partial charge in [-0.3, -0.25) is 19.7 Å². The Kier molecular flexibility index (Phi) is 8.39. The summed E-state index contributed by atoms with van der Waals surface area (Å²) in [6, 6.07) is 7.78. The minimum absolute atomic E-state index is 0.153. The summed E-state index contributed by atoms with van der Waals surface area (Å²) in [6.07, 6.45) is -0.668. The molecule has 0 aliphatic carbocycles. The van der Waals surface area contributed by atoms with Crippen LogP contribution in [0.25, 0.3) is 0 Å². The number of amides is 1. The largest absolute Gasteiger partial charge is 0.493 e. The van der Waals surface area contributed by atoms with Gasteiger partial charge in [0.25, 0.3) is 11.6 Å². The molecule has 1 atom stereocenters. The number of nitro benzene ring substituents is 1. The predicted molar refractivity (Wildman–Crippen MR) is 115 cm³/mol. The van der Waals surface area contributed by atoms with E-state index < -0.39 is 22.8 Å². The summed E-state index contributed by atoms with van der Waals surface area (Å²) in [5, 5.41) is 14.2. The normalized spacial score (nSPS) is 11.4. The van der Waals surface area contributed by atoms with E-state index >= 15 is 0 Å². The summed E-state index contributed by atoms with van der Waals surface area (Å²) >= 11 is 0. The van der Waals surface area contributed by atoms with Crippen LogP contribution in [0.15, 0.2) is 36.4 Å². The van der Waals surface area contributed by atoms with E-state index in [4.69, 9.17) is 18.9 Å². The van der Waals surface area contributed by atoms with E-state index in [1.165, 1.54) is 51.7 Å². The third-order valence-corrected chi connectivity index (χ3v) is 4.48. The number of ether oxygens (including phenoxy) is 4. The van der Waals surface area contributed by atoms with Gasteiger partial charge in [0.2, 0.25) is 5.75 Å². The highest BCUT2D eigenvalue weighted by molar-refractivity contribution is 5.96. The van der Waals surface area contributed by atoms with Crippen molar-refractivity contribution in [2.75, 3.05) is 21.3 Å². The van der Waals surface area contributed by atoms with Gasteiger partial charge in [0.15, 0.2) is 11.5 Å². The van der Waals surface area contributed by atoms with Crippen LogP contribution in [0.5, 0.6) is 17.2 Å². The van der Waals surface area contributed by atoms with Crippen molar-refractivity contribution in [1.29, 1.82) is 0 Å². The quantitative estimate of drug-likeness (QED) is 0.334. The Morgan fingerprint density at radius 3 is 2.12 bits per heavy atom. The molecule has 0 bridgehead atoms. The molecule has 32 heavy (non-hydrogen) atoms. The van der Waals surface area contributed by atoms with Crippen LogP contribution in [0.4, 0.5) is 5.69 Å². The summed E-state index contributed by atoms with van der Waals surface area (Å²) in [7, 11) is 4.26. The number of nitrogens with zero attached hydrogens (tertiary/aromatic N) is 1. The van der Waals surface area contributed by atoms with Crippen LogP contribution < -0.4 is 19.5 Å². The lowest BCUT2D eigenvalue weighted by atomic mass is 10.0. The highest BCUT2D eigenvalue weighted by atomic mass is 16.6. The van der Waals surface area contributed by atoms with Gasteiger partial charge in [0.1, 0.15) is 0 Å². The zero-order chi connectivity index (χ0) is 23.8. The van der Waals surface area contributed by atoms with E-state index in [9.17, 15) is 19.7 Å². The number of hydrogen-bond acceptors (Lipinski definition) is 8. The average molecular weight is 446 g/mol. The molecule has 10 nitrogen and oxygen atoms in total. The molecule has 2 aromatic carbocycles. The minimum atomic E-state index is -1.01. The molecular weight excluding hydrogens is 420 g/mol. The number of carbonyl (C=O) groups excluding carboxylic acids is 2. The topological polar surface area (TPSA) is 126 Å². The molecule has 2 aromatic rings. The van der Waals surface area contributed by atoms with E-state index in [0.29, 0.717) is 5.75 Å². The van der Waals surface area contributed by atoms with Crippen LogP contribution in [0, 0.1) is 10.1 Å². The molecule has 0 saturated carbocycles. The number of nitro groups is 1. The molecule has 0 spiro atoms. The van der Waals surface area contributed by atoms with Gasteiger partial charge in [-0.2, -0.15) is 0 Å². The zero-order valence-corrected chi connectivity index (χ0v) is 18.5. The Hall–Kier alpha value is -3.82. The number of para-hydroxylation sites is 1. The molecule has 172 valence electrons. The maximum Gasteiger partial charge on any atom is 0.308 e. The molecule has 1 amide bonds. The molecule has 0 fully saturated rings. The molecular formula is C22H26N2O8. The monoisotopic (exact) mass is 446 g/mol. The van der Waals surface area contributed by atoms with E-state index in [1.54, 1.807) is 19.9 Å². The molecule has 2 rings (SSSR count). The Morgan fingerprint density at radius 2 is 1.62 bits per heavy atom. The number of hydrogen-bond donors (Lipinski definition) is 1. The number of methoxy groups -OCH3 is 3. The maximum atomic E-state index is 13.1. The lowest BCUT2D eigenvalue weighted by molar-refractivity contribution is -0.385. The predicted octanol–water partition coefficient (Wildman–Crippen LogP) is 3.43. The van der Waals surface area contributed by atoms with Gasteiger partial charge in [-0.25, -0.2) is 0 Å². The average Bonchev–Trinajstić information content (AvgIpc) is 2.76. The second kappa shape index (κ2) is 11.0. The standard InChI is InChI=1S/C22H26N2O8/c1-13(2)32-20(25)12-16(15-8-6-7-9-17(15)24(27)28)23-22(26)14-10-18(29-3)21(31-5)19(11-14)30-4/h6-11,13,16H,12H2,1-5H3,(H,23,26). The Labute approximate surface area is 185 Å². The molecule has 0 radical (unpaired) electrons. The SMILES string of the molecule is COc1cc(C(=O)NC(CC(=O)OC(C)C)c2ccccc2[N+](=O)[O-])cc(OC)c1OC. The molecule has 1 N–H and O–H groups in total. The van der Waals surface area contributed by atoms with Crippen molar-refractivity contribution < 1.29 is 33.5 Å². The summed E-state index contributed by atoms with van der Waals surface area (Å²) in [5.74, 6) is -0.364. The van der Waals surface area contributed by atoms with Crippen LogP contribution >= 0.6 is 0 Å². The molecule has 0 saturated heterocycles. The molecule has 0 aromatic heterocycles. The summed E-state index contributed by atoms with van der Waals surface area (Å²) < 4.78 is 21.0. The first-order valence-electron chi connectivity index (χ1n) is 9.75. The van der Waals surface area contributed by atoms with E-state index in [0.717, 1.165) is 0 Å². The summed E-state index contributed by atoms with van der Waals surface area (Å²) in [6.45, 7) is 3.37. The van der Waals surface area contributed by atoms with Crippen molar-refractivity contribution in [2.24, 2.45) is 0 Å². The van der Waals surface area contributed by atoms with Crippen molar-refractivity contribution >= 4 is 17.6 Å². The second-order valence-electron chi connectivity index (χ2n) is 7.00. The Balaban J connectivity index is 2.45. The lowest BCUT2D eigenvalue weighted by Gasteiger charge is -2.20. The van der Waals surface area contributed by atoms with Gasteiger partial charge in [-0.05, 0) is 26.0 Å². The van der Waals surface area contributed by atoms with Gasteiger partial charge in [-0.15, -0.1) is 0 Å². The van der Waals surface area contributed by atoms with Crippen molar-refractivity contribution in [3.63, 3.8) is 0 Å². The molecule has 0 aliphatic rings. The third-order valence-electron chi connectivity index (χ3n) is 4.48. The first-order chi connectivity index (χ1) is 15.2. The second-order valence-corrected chi connectivity index (χ2v) is 7.00. The zero-order valence-electron chi connectivity index (χ0n) is 18.5. The van der Waals surface area contributed by atoms with Gasteiger partial charge in [0.05, 0.1) is 50.4 Å². The van der Waals surface area contributed by atoms with Crippen molar-refractivity contribution in [2.45, 2.75) is 32.4 Å². The fraction of sp³-hybridized carbons (Fsp3) is 0.364. The lowest BCUT2D eigenvalue weighted by Crippen LogP contribution is -2.31. The van der Waals surface area contributed by atoms with Crippen molar-refractivity contribution in [1.82, 2.24) is 5.32 Å². The smallest absolute Gasteiger partial charge is 0.308 e. The number of esters is 1. The van der Waals surface area contributed by atoms with Gasteiger partial charge >= 0.3 is 5.97 Å². The van der Waals surface area contributed by atoms with E-state index in [-0.39, 0.29) is 40.8 Å². The molecule has 0 aliphatic heterocycles. The maximum absolute atomic E-state index is 13.1. The van der Waals surface area contributed by atoms with Crippen LogP contribution in [-0.4, -0.2) is 44.2 Å². The first kappa shape index (κ1) is 24.4. The van der Waals surface area contributed by atoms with Crippen LogP contribution in [0.3, 0.4) is 0 Å². The number of rotatable bonds is 10. The summed E-state index contributed by atoms with van der Waals surface area (Å²) in [5.41, 5.74) is 0.111. The molecule has 10 heteroatoms. The van der Waals surface area contributed by atoms with Gasteiger partial charge in [-0.1, -0.05) is 18.2 Å². The number of carbonyl (C=O) groups is 2. The highest BCUT2D eigenvalue weighted by Crippen LogP contribution is 2.38. The highest BCUT2D eigenvalue weighted by Gasteiger charge is 2.28. The van der Waals surface area contributed by atoms with Crippen molar-refractivity contribution in [3.05, 3.63) is 57.6 Å².